The van der Waals surface area contributed by atoms with Crippen molar-refractivity contribution in [3.63, 3.8) is 0 Å². The second-order valence-corrected chi connectivity index (χ2v) is 7.17. The quantitative estimate of drug-likeness (QED) is 0.919. The Labute approximate surface area is 136 Å². The van der Waals surface area contributed by atoms with Crippen LogP contribution in [0.4, 0.5) is 0 Å². The first-order valence-corrected chi connectivity index (χ1v) is 8.24. The SMILES string of the molecule is CN1C[C@H](CO)CC12CN(C(=O)CCc1ccc(Cl)cc1)C2. The van der Waals surface area contributed by atoms with E-state index in [0.717, 1.165) is 43.1 Å². The fourth-order valence-corrected chi connectivity index (χ4v) is 3.86. The molecule has 0 saturated carbocycles. The first-order valence-electron chi connectivity index (χ1n) is 7.87. The molecule has 22 heavy (non-hydrogen) atoms. The highest BCUT2D eigenvalue weighted by Crippen LogP contribution is 2.39. The van der Waals surface area contributed by atoms with Crippen LogP contribution in [0.1, 0.15) is 18.4 Å². The lowest BCUT2D eigenvalue weighted by Gasteiger charge is -2.52. The van der Waals surface area contributed by atoms with Gasteiger partial charge in [0.15, 0.2) is 0 Å². The molecule has 3 rings (SSSR count). The maximum atomic E-state index is 12.3. The molecule has 2 aliphatic rings. The third-order valence-electron chi connectivity index (χ3n) is 5.13. The number of aryl methyl sites for hydroxylation is 1. The van der Waals surface area contributed by atoms with Gasteiger partial charge in [0, 0.05) is 37.7 Å². The number of hydrogen-bond acceptors (Lipinski definition) is 3. The van der Waals surface area contributed by atoms with E-state index in [2.05, 4.69) is 11.9 Å². The standard InChI is InChI=1S/C17H23ClN2O2/c1-19-9-14(10-21)8-17(19)11-20(12-17)16(22)7-4-13-2-5-15(18)6-3-13/h2-3,5-6,14,21H,4,7-12H2,1H3/t14-/m1/s1. The summed E-state index contributed by atoms with van der Waals surface area (Å²) in [5.74, 6) is 0.581. The smallest absolute Gasteiger partial charge is 0.223 e. The highest BCUT2D eigenvalue weighted by molar-refractivity contribution is 6.30. The predicted octanol–water partition coefficient (Wildman–Crippen LogP) is 1.80. The maximum Gasteiger partial charge on any atom is 0.223 e. The van der Waals surface area contributed by atoms with Crippen molar-refractivity contribution in [1.82, 2.24) is 9.80 Å². The summed E-state index contributed by atoms with van der Waals surface area (Å²) in [6.45, 7) is 2.79. The predicted molar refractivity (Wildman–Crippen MR) is 86.9 cm³/mol. The number of carbonyl (C=O) groups is 1. The molecular formula is C17H23ClN2O2. The molecule has 0 aliphatic carbocycles. The van der Waals surface area contributed by atoms with Crippen LogP contribution in [-0.4, -0.2) is 59.6 Å². The van der Waals surface area contributed by atoms with Crippen LogP contribution in [0.3, 0.4) is 0 Å². The molecule has 1 aromatic rings. The number of hydrogen-bond donors (Lipinski definition) is 1. The third-order valence-corrected chi connectivity index (χ3v) is 5.38. The van der Waals surface area contributed by atoms with Gasteiger partial charge in [-0.1, -0.05) is 23.7 Å². The number of aliphatic hydroxyl groups is 1. The van der Waals surface area contributed by atoms with E-state index in [1.165, 1.54) is 0 Å². The number of likely N-dealkylation sites (N-methyl/N-ethyl adjacent to an activating group) is 1. The number of rotatable bonds is 4. The molecule has 1 N–H and O–H groups in total. The fraction of sp³-hybridized carbons (Fsp3) is 0.588. The van der Waals surface area contributed by atoms with Gasteiger partial charge in [-0.2, -0.15) is 0 Å². The lowest BCUT2D eigenvalue weighted by molar-refractivity contribution is -0.143. The summed E-state index contributed by atoms with van der Waals surface area (Å²) < 4.78 is 0. The van der Waals surface area contributed by atoms with E-state index in [0.29, 0.717) is 12.3 Å². The van der Waals surface area contributed by atoms with Gasteiger partial charge in [0.1, 0.15) is 0 Å². The van der Waals surface area contributed by atoms with Gasteiger partial charge in [-0.15, -0.1) is 0 Å². The Balaban J connectivity index is 1.48. The maximum absolute atomic E-state index is 12.3. The summed E-state index contributed by atoms with van der Waals surface area (Å²) in [6.07, 6.45) is 2.31. The lowest BCUT2D eigenvalue weighted by atomic mass is 9.84. The number of benzene rings is 1. The van der Waals surface area contributed by atoms with Gasteiger partial charge in [-0.3, -0.25) is 9.69 Å². The summed E-state index contributed by atoms with van der Waals surface area (Å²) in [5.41, 5.74) is 1.26. The van der Waals surface area contributed by atoms with Crippen LogP contribution in [0.25, 0.3) is 0 Å². The molecular weight excluding hydrogens is 300 g/mol. The monoisotopic (exact) mass is 322 g/mol. The number of likely N-dealkylation sites (tertiary alicyclic amines) is 2. The van der Waals surface area contributed by atoms with Gasteiger partial charge >= 0.3 is 0 Å². The van der Waals surface area contributed by atoms with Crippen molar-refractivity contribution in [2.24, 2.45) is 5.92 Å². The van der Waals surface area contributed by atoms with Gasteiger partial charge < -0.3 is 10.0 Å². The molecule has 1 aromatic carbocycles. The molecule has 1 atom stereocenters. The molecule has 0 unspecified atom stereocenters. The highest BCUT2D eigenvalue weighted by Gasteiger charge is 2.52. The number of halogens is 1. The van der Waals surface area contributed by atoms with Crippen LogP contribution in [0.15, 0.2) is 24.3 Å². The molecule has 2 fully saturated rings. The zero-order valence-electron chi connectivity index (χ0n) is 13.0. The number of aliphatic hydroxyl groups excluding tert-OH is 1. The summed E-state index contributed by atoms with van der Waals surface area (Å²) in [7, 11) is 2.10. The van der Waals surface area contributed by atoms with Gasteiger partial charge in [0.25, 0.3) is 0 Å². The van der Waals surface area contributed by atoms with E-state index < -0.39 is 0 Å². The summed E-state index contributed by atoms with van der Waals surface area (Å²) in [6, 6.07) is 7.68. The largest absolute Gasteiger partial charge is 0.396 e. The Bertz CT molecular complexity index is 540. The van der Waals surface area contributed by atoms with Crippen LogP contribution < -0.4 is 0 Å². The minimum Gasteiger partial charge on any atom is -0.396 e. The van der Waals surface area contributed by atoms with Crippen molar-refractivity contribution in [2.45, 2.75) is 24.8 Å². The normalized spacial score (nSPS) is 23.8. The molecule has 2 heterocycles. The van der Waals surface area contributed by atoms with Crippen LogP contribution >= 0.6 is 11.6 Å². The zero-order valence-corrected chi connectivity index (χ0v) is 13.7. The topological polar surface area (TPSA) is 43.8 Å². The Morgan fingerprint density at radius 2 is 2.05 bits per heavy atom. The molecule has 1 spiro atoms. The number of amides is 1. The average molecular weight is 323 g/mol. The van der Waals surface area contributed by atoms with Crippen molar-refractivity contribution in [1.29, 1.82) is 0 Å². The van der Waals surface area contributed by atoms with Crippen molar-refractivity contribution in [3.05, 3.63) is 34.9 Å². The van der Waals surface area contributed by atoms with E-state index in [9.17, 15) is 9.90 Å². The van der Waals surface area contributed by atoms with Crippen LogP contribution in [0, 0.1) is 5.92 Å². The Hall–Kier alpha value is -1.10. The van der Waals surface area contributed by atoms with Crippen LogP contribution in [0.2, 0.25) is 5.02 Å². The van der Waals surface area contributed by atoms with Gasteiger partial charge in [0.2, 0.25) is 5.91 Å². The second-order valence-electron chi connectivity index (χ2n) is 6.73. The number of carbonyl (C=O) groups excluding carboxylic acids is 1. The first-order chi connectivity index (χ1) is 10.5. The van der Waals surface area contributed by atoms with E-state index in [4.69, 9.17) is 11.6 Å². The molecule has 2 aliphatic heterocycles. The average Bonchev–Trinajstić information content (AvgIpc) is 2.82. The molecule has 120 valence electrons. The van der Waals surface area contributed by atoms with Crippen molar-refractivity contribution < 1.29 is 9.90 Å². The van der Waals surface area contributed by atoms with Crippen molar-refractivity contribution in [3.8, 4) is 0 Å². The number of nitrogens with zero attached hydrogens (tertiary/aromatic N) is 2. The van der Waals surface area contributed by atoms with E-state index >= 15 is 0 Å². The van der Waals surface area contributed by atoms with E-state index in [-0.39, 0.29) is 18.1 Å². The summed E-state index contributed by atoms with van der Waals surface area (Å²) in [5, 5.41) is 10.0. The Morgan fingerprint density at radius 3 is 2.64 bits per heavy atom. The molecule has 2 saturated heterocycles. The minimum absolute atomic E-state index is 0.114. The molecule has 0 bridgehead atoms. The molecule has 5 heteroatoms. The Morgan fingerprint density at radius 1 is 1.36 bits per heavy atom. The minimum atomic E-state index is 0.114. The second kappa shape index (κ2) is 6.19. The molecule has 0 radical (unpaired) electrons. The molecule has 4 nitrogen and oxygen atoms in total. The van der Waals surface area contributed by atoms with Gasteiger partial charge in [-0.05, 0) is 43.5 Å². The highest BCUT2D eigenvalue weighted by atomic mass is 35.5. The summed E-state index contributed by atoms with van der Waals surface area (Å²) >= 11 is 5.87. The fourth-order valence-electron chi connectivity index (χ4n) is 3.73. The van der Waals surface area contributed by atoms with E-state index in [1.54, 1.807) is 0 Å². The first kappa shape index (κ1) is 15.8. The van der Waals surface area contributed by atoms with Crippen LogP contribution in [-0.2, 0) is 11.2 Å². The molecule has 0 aromatic heterocycles. The lowest BCUT2D eigenvalue weighted by Crippen LogP contribution is -2.68. The zero-order chi connectivity index (χ0) is 15.7. The van der Waals surface area contributed by atoms with Crippen molar-refractivity contribution >= 4 is 17.5 Å². The van der Waals surface area contributed by atoms with Crippen LogP contribution in [0.5, 0.6) is 0 Å². The van der Waals surface area contributed by atoms with E-state index in [1.807, 2.05) is 29.2 Å². The van der Waals surface area contributed by atoms with Gasteiger partial charge in [-0.25, -0.2) is 0 Å². The summed E-state index contributed by atoms with van der Waals surface area (Å²) in [4.78, 5) is 16.6. The van der Waals surface area contributed by atoms with Gasteiger partial charge in [0.05, 0.1) is 5.54 Å². The third kappa shape index (κ3) is 3.00. The molecule has 1 amide bonds. The van der Waals surface area contributed by atoms with Crippen molar-refractivity contribution in [2.75, 3.05) is 33.3 Å². The Kier molecular flexibility index (Phi) is 4.44.